The van der Waals surface area contributed by atoms with Gasteiger partial charge in [0.05, 0.1) is 18.1 Å². The van der Waals surface area contributed by atoms with Crippen LogP contribution >= 0.6 is 34.8 Å². The van der Waals surface area contributed by atoms with Crippen LogP contribution in [0.1, 0.15) is 0 Å². The Bertz CT molecular complexity index is 810. The first-order chi connectivity index (χ1) is 14.2. The monoisotopic (exact) mass is 482 g/mol. The maximum absolute atomic E-state index is 12.7. The molecule has 2 N–H and O–H groups in total. The minimum absolute atomic E-state index is 0.0263. The van der Waals surface area contributed by atoms with E-state index in [2.05, 4.69) is 0 Å². The topological polar surface area (TPSA) is 99.5 Å². The molecule has 2 aromatic carbocycles. The fraction of sp³-hybridized carbons (Fsp3) is 0.222. The summed E-state index contributed by atoms with van der Waals surface area (Å²) in [4.78, 5) is 20.0. The highest BCUT2D eigenvalue weighted by atomic mass is 35.5. The molecule has 2 aromatic rings. The number of hydrogen-bond acceptors (Lipinski definition) is 6. The van der Waals surface area contributed by atoms with Gasteiger partial charge in [0.15, 0.2) is 0 Å². The van der Waals surface area contributed by atoms with Gasteiger partial charge in [0, 0.05) is 16.1 Å². The van der Waals surface area contributed by atoms with Gasteiger partial charge in [0.2, 0.25) is 12.8 Å². The van der Waals surface area contributed by atoms with Crippen molar-refractivity contribution < 1.29 is 33.9 Å². The van der Waals surface area contributed by atoms with Crippen molar-refractivity contribution in [3.8, 4) is 11.5 Å². The number of rotatable bonds is 10. The lowest BCUT2D eigenvalue weighted by Crippen LogP contribution is -2.23. The van der Waals surface area contributed by atoms with Crippen LogP contribution in [0.3, 0.4) is 0 Å². The van der Waals surface area contributed by atoms with Crippen LogP contribution in [0.4, 0.5) is 4.39 Å². The first-order valence-corrected chi connectivity index (χ1v) is 9.37. The number of ether oxygens (including phenoxy) is 2. The molecular formula is C18H18Cl3FN2O6. The maximum Gasteiger partial charge on any atom is 0.233 e. The molecule has 0 aliphatic carbocycles. The van der Waals surface area contributed by atoms with Crippen LogP contribution in [0.2, 0.25) is 15.1 Å². The first kappa shape index (κ1) is 25.7. The Morgan fingerprint density at radius 1 is 0.833 bits per heavy atom. The Morgan fingerprint density at radius 3 is 1.80 bits per heavy atom. The molecule has 2 rings (SSSR count). The predicted octanol–water partition coefficient (Wildman–Crippen LogP) is 3.93. The molecule has 0 saturated carbocycles. The molecule has 2 amide bonds. The average Bonchev–Trinajstić information content (AvgIpc) is 2.70. The second-order valence-corrected chi connectivity index (χ2v) is 6.70. The standard InChI is InChI=1S/C9H9Cl2NO3.C9H9ClFNO3/c10-7-3-8(11)5-9(4-7)15-2-1-12(14)6-13;10-8-5-7(1-2-9(8)11)15-4-3-12(14)6-13/h3-6,14H,1-2H2;1-2,5-6,14H,3-4H2. The van der Waals surface area contributed by atoms with Crippen LogP contribution in [-0.2, 0) is 9.59 Å². The molecule has 0 saturated heterocycles. The van der Waals surface area contributed by atoms with Crippen molar-refractivity contribution in [2.45, 2.75) is 0 Å². The summed E-state index contributed by atoms with van der Waals surface area (Å²) in [5.41, 5.74) is 0. The Labute approximate surface area is 186 Å². The van der Waals surface area contributed by atoms with Gasteiger partial charge in [0.25, 0.3) is 0 Å². The van der Waals surface area contributed by atoms with E-state index < -0.39 is 5.82 Å². The molecule has 0 heterocycles. The number of hydroxylamine groups is 4. The van der Waals surface area contributed by atoms with Gasteiger partial charge in [-0.3, -0.25) is 20.0 Å². The van der Waals surface area contributed by atoms with Gasteiger partial charge in [-0.2, -0.15) is 0 Å². The lowest BCUT2D eigenvalue weighted by molar-refractivity contribution is -0.151. The molecule has 0 radical (unpaired) electrons. The third-order valence-corrected chi connectivity index (χ3v) is 3.87. The average molecular weight is 484 g/mol. The lowest BCUT2D eigenvalue weighted by atomic mass is 10.3. The van der Waals surface area contributed by atoms with Crippen LogP contribution in [0.5, 0.6) is 11.5 Å². The third-order valence-electron chi connectivity index (χ3n) is 3.15. The number of carbonyl (C=O) groups excluding carboxylic acids is 2. The smallest absolute Gasteiger partial charge is 0.233 e. The number of benzene rings is 2. The summed E-state index contributed by atoms with van der Waals surface area (Å²) in [6.45, 7) is 0.356. The van der Waals surface area contributed by atoms with E-state index >= 15 is 0 Å². The van der Waals surface area contributed by atoms with Crippen molar-refractivity contribution in [3.05, 3.63) is 57.3 Å². The van der Waals surface area contributed by atoms with E-state index in [0.717, 1.165) is 0 Å². The van der Waals surface area contributed by atoms with Crippen LogP contribution < -0.4 is 9.47 Å². The van der Waals surface area contributed by atoms with Gasteiger partial charge in [0.1, 0.15) is 30.5 Å². The van der Waals surface area contributed by atoms with E-state index in [1.54, 1.807) is 18.2 Å². The Morgan fingerprint density at radius 2 is 1.33 bits per heavy atom. The number of amides is 2. The van der Waals surface area contributed by atoms with Gasteiger partial charge >= 0.3 is 0 Å². The second-order valence-electron chi connectivity index (χ2n) is 5.41. The van der Waals surface area contributed by atoms with Gasteiger partial charge in [-0.05, 0) is 30.3 Å². The number of carbonyl (C=O) groups is 2. The normalized spacial score (nSPS) is 9.80. The largest absolute Gasteiger partial charge is 0.492 e. The van der Waals surface area contributed by atoms with Crippen molar-refractivity contribution in [1.29, 1.82) is 0 Å². The van der Waals surface area contributed by atoms with E-state index in [1.165, 1.54) is 18.2 Å². The van der Waals surface area contributed by atoms with Gasteiger partial charge < -0.3 is 9.47 Å². The molecule has 0 spiro atoms. The highest BCUT2D eigenvalue weighted by Gasteiger charge is 2.03. The zero-order valence-electron chi connectivity index (χ0n) is 15.4. The molecule has 0 aliphatic rings. The Kier molecular flexibility index (Phi) is 11.9. The molecule has 0 aromatic heterocycles. The molecule has 0 unspecified atom stereocenters. The summed E-state index contributed by atoms with van der Waals surface area (Å²) in [5, 5.41) is 19.3. The van der Waals surface area contributed by atoms with Gasteiger partial charge in [-0.1, -0.05) is 34.8 Å². The van der Waals surface area contributed by atoms with Crippen molar-refractivity contribution in [1.82, 2.24) is 10.1 Å². The Hall–Kier alpha value is -2.30. The highest BCUT2D eigenvalue weighted by Crippen LogP contribution is 2.24. The van der Waals surface area contributed by atoms with Crippen LogP contribution in [0.25, 0.3) is 0 Å². The Balaban J connectivity index is 0.000000300. The molecule has 0 bridgehead atoms. The fourth-order valence-corrected chi connectivity index (χ4v) is 2.47. The van der Waals surface area contributed by atoms with Crippen molar-refractivity contribution in [3.63, 3.8) is 0 Å². The zero-order valence-corrected chi connectivity index (χ0v) is 17.6. The van der Waals surface area contributed by atoms with E-state index in [9.17, 15) is 14.0 Å². The van der Waals surface area contributed by atoms with Crippen LogP contribution in [-0.4, -0.2) is 59.7 Å². The molecule has 164 valence electrons. The van der Waals surface area contributed by atoms with E-state index in [4.69, 9.17) is 54.7 Å². The summed E-state index contributed by atoms with van der Waals surface area (Å²) >= 11 is 17.0. The molecule has 0 atom stereocenters. The summed E-state index contributed by atoms with van der Waals surface area (Å²) in [5.74, 6) is 0.341. The van der Waals surface area contributed by atoms with Gasteiger partial charge in [-0.25, -0.2) is 14.5 Å². The van der Waals surface area contributed by atoms with E-state index in [-0.39, 0.29) is 37.7 Å². The number of hydrogen-bond donors (Lipinski definition) is 2. The van der Waals surface area contributed by atoms with Crippen LogP contribution in [0, 0.1) is 5.82 Å². The lowest BCUT2D eigenvalue weighted by Gasteiger charge is -2.10. The predicted molar refractivity (Wildman–Crippen MR) is 108 cm³/mol. The molecule has 8 nitrogen and oxygen atoms in total. The highest BCUT2D eigenvalue weighted by molar-refractivity contribution is 6.34. The van der Waals surface area contributed by atoms with E-state index in [1.807, 2.05) is 0 Å². The molecule has 0 aliphatic heterocycles. The summed E-state index contributed by atoms with van der Waals surface area (Å²) in [6.07, 6.45) is 0.565. The minimum Gasteiger partial charge on any atom is -0.492 e. The third kappa shape index (κ3) is 10.5. The molecule has 0 fully saturated rings. The SMILES string of the molecule is O=CN(O)CCOc1cc(Cl)cc(Cl)c1.O=CN(O)CCOc1ccc(F)c(Cl)c1. The molecule has 12 heteroatoms. The summed E-state index contributed by atoms with van der Waals surface area (Å²) < 4.78 is 23.0. The van der Waals surface area contributed by atoms with Crippen molar-refractivity contribution >= 4 is 47.6 Å². The number of nitrogens with zero attached hydrogens (tertiary/aromatic N) is 2. The minimum atomic E-state index is -0.527. The first-order valence-electron chi connectivity index (χ1n) is 8.23. The van der Waals surface area contributed by atoms with Gasteiger partial charge in [-0.15, -0.1) is 0 Å². The number of halogens is 4. The van der Waals surface area contributed by atoms with Crippen LogP contribution in [0.15, 0.2) is 36.4 Å². The molecular weight excluding hydrogens is 466 g/mol. The summed E-state index contributed by atoms with van der Waals surface area (Å²) in [7, 11) is 0. The van der Waals surface area contributed by atoms with Crippen molar-refractivity contribution in [2.75, 3.05) is 26.3 Å². The molecule has 30 heavy (non-hydrogen) atoms. The summed E-state index contributed by atoms with van der Waals surface area (Å²) in [6, 6.07) is 8.67. The fourth-order valence-electron chi connectivity index (χ4n) is 1.80. The quantitative estimate of drug-likeness (QED) is 0.302. The maximum atomic E-state index is 12.7. The van der Waals surface area contributed by atoms with Crippen molar-refractivity contribution in [2.24, 2.45) is 0 Å². The second kappa shape index (κ2) is 13.8. The van der Waals surface area contributed by atoms with E-state index in [0.29, 0.717) is 38.1 Å². The zero-order chi connectivity index (χ0) is 22.5.